The maximum absolute atomic E-state index is 6.25. The first kappa shape index (κ1) is 31.2. The Morgan fingerprint density at radius 3 is 2.23 bits per heavy atom. The number of ether oxygens (including phenoxy) is 3. The fraction of sp³-hybridized carbons (Fsp3) is 0.531. The van der Waals surface area contributed by atoms with Gasteiger partial charge in [-0.2, -0.15) is 0 Å². The monoisotopic (exact) mass is 566 g/mol. The summed E-state index contributed by atoms with van der Waals surface area (Å²) in [5.74, 6) is 5.02. The Bertz CT molecular complexity index is 1110. The summed E-state index contributed by atoms with van der Waals surface area (Å²) in [5.41, 5.74) is 7.68. The van der Waals surface area contributed by atoms with E-state index in [2.05, 4.69) is 85.5 Å². The number of morpholine rings is 1. The minimum atomic E-state index is -1.47. The molecular formula is C32H46N2O3SSi. The van der Waals surface area contributed by atoms with Crippen LogP contribution >= 0.6 is 12.2 Å². The predicted molar refractivity (Wildman–Crippen MR) is 170 cm³/mol. The van der Waals surface area contributed by atoms with E-state index in [1.165, 1.54) is 5.56 Å². The van der Waals surface area contributed by atoms with Crippen molar-refractivity contribution in [3.8, 4) is 23.0 Å². The van der Waals surface area contributed by atoms with Gasteiger partial charge in [0.2, 0.25) is 0 Å². The lowest BCUT2D eigenvalue weighted by atomic mass is 10.0. The Morgan fingerprint density at radius 2 is 1.62 bits per heavy atom. The van der Waals surface area contributed by atoms with Gasteiger partial charge in [-0.05, 0) is 36.6 Å². The Morgan fingerprint density at radius 1 is 0.974 bits per heavy atom. The third kappa shape index (κ3) is 11.0. The van der Waals surface area contributed by atoms with Crippen molar-refractivity contribution >= 4 is 31.0 Å². The molecule has 0 unspecified atom stereocenters. The van der Waals surface area contributed by atoms with Crippen LogP contribution in [0.2, 0.25) is 19.6 Å². The molecule has 0 bridgehead atoms. The number of nitrogens with zero attached hydrogens (tertiary/aromatic N) is 1. The molecule has 3 rings (SSSR count). The molecule has 2 aromatic rings. The molecule has 7 heteroatoms. The van der Waals surface area contributed by atoms with Crippen molar-refractivity contribution in [2.24, 2.45) is 0 Å². The topological polar surface area (TPSA) is 43.0 Å². The zero-order valence-corrected chi connectivity index (χ0v) is 26.3. The summed E-state index contributed by atoms with van der Waals surface area (Å²) in [5, 5.41) is 3.45. The maximum Gasteiger partial charge on any atom is 0.133 e. The van der Waals surface area contributed by atoms with Crippen LogP contribution in [-0.2, 0) is 17.7 Å². The molecule has 1 N–H and O–H groups in total. The highest BCUT2D eigenvalue weighted by Crippen LogP contribution is 2.32. The zero-order valence-electron chi connectivity index (χ0n) is 24.5. The maximum atomic E-state index is 6.25. The van der Waals surface area contributed by atoms with Gasteiger partial charge < -0.3 is 19.5 Å². The molecular weight excluding hydrogens is 521 g/mol. The van der Waals surface area contributed by atoms with Crippen LogP contribution in [0.4, 0.5) is 5.69 Å². The zero-order chi connectivity index (χ0) is 28.1. The molecule has 1 saturated heterocycles. The minimum absolute atomic E-state index is 0.632. The normalized spacial score (nSPS) is 13.9. The van der Waals surface area contributed by atoms with Gasteiger partial charge in [0.15, 0.2) is 0 Å². The van der Waals surface area contributed by atoms with Crippen molar-refractivity contribution in [1.29, 1.82) is 0 Å². The van der Waals surface area contributed by atoms with E-state index in [4.69, 9.17) is 26.4 Å². The van der Waals surface area contributed by atoms with Crippen LogP contribution in [0.25, 0.3) is 0 Å². The first-order valence-corrected chi connectivity index (χ1v) is 18.3. The Hall–Kier alpha value is -2.37. The van der Waals surface area contributed by atoms with Gasteiger partial charge in [-0.1, -0.05) is 70.7 Å². The van der Waals surface area contributed by atoms with Crippen LogP contribution in [0, 0.1) is 11.5 Å². The molecule has 1 aliphatic rings. The number of anilines is 1. The molecule has 0 aromatic heterocycles. The molecule has 0 amide bonds. The van der Waals surface area contributed by atoms with Crippen molar-refractivity contribution in [1.82, 2.24) is 4.90 Å². The van der Waals surface area contributed by atoms with E-state index in [0.29, 0.717) is 24.6 Å². The summed E-state index contributed by atoms with van der Waals surface area (Å²) in [7, 11) is -1.47. The van der Waals surface area contributed by atoms with Gasteiger partial charge in [0.05, 0.1) is 32.0 Å². The smallest absolute Gasteiger partial charge is 0.133 e. The molecule has 0 radical (unpaired) electrons. The van der Waals surface area contributed by atoms with Crippen LogP contribution in [-0.4, -0.2) is 57.5 Å². The van der Waals surface area contributed by atoms with Crippen LogP contribution in [0.3, 0.4) is 0 Å². The highest BCUT2D eigenvalue weighted by molar-refractivity contribution is 7.81. The molecule has 1 heterocycles. The highest BCUT2D eigenvalue weighted by Gasteiger charge is 2.17. The fourth-order valence-electron chi connectivity index (χ4n) is 4.14. The number of nitrogens with one attached hydrogen (secondary N) is 1. The van der Waals surface area contributed by atoms with Gasteiger partial charge in [0.25, 0.3) is 0 Å². The predicted octanol–water partition coefficient (Wildman–Crippen LogP) is 7.09. The van der Waals surface area contributed by atoms with Crippen molar-refractivity contribution in [2.75, 3.05) is 44.8 Å². The summed E-state index contributed by atoms with van der Waals surface area (Å²) in [6.45, 7) is 17.0. The molecule has 0 atom stereocenters. The Labute approximate surface area is 242 Å². The quantitative estimate of drug-likeness (QED) is 0.121. The molecule has 0 spiro atoms. The molecule has 1 fully saturated rings. The van der Waals surface area contributed by atoms with Crippen molar-refractivity contribution < 1.29 is 14.2 Å². The van der Waals surface area contributed by atoms with E-state index in [1.807, 2.05) is 6.07 Å². The summed E-state index contributed by atoms with van der Waals surface area (Å²) < 4.78 is 17.9. The van der Waals surface area contributed by atoms with Crippen molar-refractivity contribution in [3.05, 3.63) is 53.1 Å². The van der Waals surface area contributed by atoms with Crippen molar-refractivity contribution in [2.45, 2.75) is 72.1 Å². The second-order valence-corrected chi connectivity index (χ2v) is 16.3. The number of benzene rings is 2. The molecule has 2 aromatic carbocycles. The van der Waals surface area contributed by atoms with Gasteiger partial charge in [-0.15, -0.1) is 11.5 Å². The van der Waals surface area contributed by atoms with E-state index in [1.54, 1.807) is 0 Å². The second-order valence-electron chi connectivity index (χ2n) is 11.1. The third-order valence-electron chi connectivity index (χ3n) is 6.38. The van der Waals surface area contributed by atoms with Gasteiger partial charge in [0.1, 0.15) is 24.6 Å². The molecule has 0 saturated carbocycles. The fourth-order valence-corrected chi connectivity index (χ4v) is 5.04. The SMILES string of the molecule is CCCCOc1cc(OCCCC)c(C(=S)Nc2ccc(CN3CCOCC3)cc2)cc1CC#C[Si](C)(C)C. The van der Waals surface area contributed by atoms with E-state index in [0.717, 1.165) is 86.8 Å². The second kappa shape index (κ2) is 16.0. The molecule has 1 aliphatic heterocycles. The first-order valence-electron chi connectivity index (χ1n) is 14.4. The van der Waals surface area contributed by atoms with E-state index >= 15 is 0 Å². The lowest BCUT2D eigenvalue weighted by molar-refractivity contribution is 0.0342. The minimum Gasteiger partial charge on any atom is -0.493 e. The molecule has 212 valence electrons. The number of unbranched alkanes of at least 4 members (excludes halogenated alkanes) is 2. The van der Waals surface area contributed by atoms with Gasteiger partial charge in [-0.25, -0.2) is 0 Å². The van der Waals surface area contributed by atoms with Crippen LogP contribution in [0.1, 0.15) is 56.2 Å². The molecule has 39 heavy (non-hydrogen) atoms. The van der Waals surface area contributed by atoms with E-state index in [9.17, 15) is 0 Å². The molecule has 5 nitrogen and oxygen atoms in total. The van der Waals surface area contributed by atoms with E-state index in [-0.39, 0.29) is 0 Å². The average molecular weight is 567 g/mol. The van der Waals surface area contributed by atoms with Gasteiger partial charge in [-0.3, -0.25) is 4.90 Å². The van der Waals surface area contributed by atoms with Gasteiger partial charge >= 0.3 is 0 Å². The van der Waals surface area contributed by atoms with Gasteiger partial charge in [0, 0.05) is 43.4 Å². The van der Waals surface area contributed by atoms with Crippen LogP contribution in [0.15, 0.2) is 36.4 Å². The Kier molecular flexibility index (Phi) is 12.8. The number of rotatable bonds is 13. The number of hydrogen-bond acceptors (Lipinski definition) is 5. The third-order valence-corrected chi connectivity index (χ3v) is 7.63. The summed E-state index contributed by atoms with van der Waals surface area (Å²) in [6.07, 6.45) is 4.78. The van der Waals surface area contributed by atoms with Crippen LogP contribution in [0.5, 0.6) is 11.5 Å². The largest absolute Gasteiger partial charge is 0.493 e. The standard InChI is InChI=1S/C32H46N2O3SSi/c1-6-8-18-36-30-24-31(37-19-9-7-2)29(23-27(30)11-10-22-39(3,4)5)32(38)33-28-14-12-26(13-15-28)25-34-16-20-35-21-17-34/h12-15,23-24H,6-9,11,16-21,25H2,1-5H3,(H,33,38). The number of thiocarbonyl (C=S) groups is 1. The lowest BCUT2D eigenvalue weighted by Gasteiger charge is -2.26. The average Bonchev–Trinajstić information content (AvgIpc) is 2.91. The first-order chi connectivity index (χ1) is 18.8. The van der Waals surface area contributed by atoms with Crippen molar-refractivity contribution in [3.63, 3.8) is 0 Å². The number of hydrogen-bond donors (Lipinski definition) is 1. The lowest BCUT2D eigenvalue weighted by Crippen LogP contribution is -2.35. The summed E-state index contributed by atoms with van der Waals surface area (Å²) in [4.78, 5) is 3.06. The summed E-state index contributed by atoms with van der Waals surface area (Å²) in [6, 6.07) is 12.7. The Balaban J connectivity index is 1.83. The van der Waals surface area contributed by atoms with Crippen LogP contribution < -0.4 is 14.8 Å². The highest BCUT2D eigenvalue weighted by atomic mass is 32.1. The van der Waals surface area contributed by atoms with E-state index < -0.39 is 8.07 Å². The molecule has 0 aliphatic carbocycles. The summed E-state index contributed by atoms with van der Waals surface area (Å²) >= 11 is 5.93.